The molecular formula is C46H42Sc2Si. The molecule has 6 aromatic rings. The summed E-state index contributed by atoms with van der Waals surface area (Å²) < 4.78 is 1.99. The number of allylic oxidation sites excluding steroid dienone is 2. The summed E-state index contributed by atoms with van der Waals surface area (Å²) in [5, 5.41) is 5.41. The zero-order valence-electron chi connectivity index (χ0n) is 28.8. The van der Waals surface area contributed by atoms with Crippen molar-refractivity contribution in [2.75, 3.05) is 0 Å². The van der Waals surface area contributed by atoms with Crippen LogP contribution in [0.25, 0.3) is 56.0 Å². The summed E-state index contributed by atoms with van der Waals surface area (Å²) in [4.78, 5) is 0. The molecule has 1 aliphatic heterocycles. The van der Waals surface area contributed by atoms with Crippen LogP contribution in [0.15, 0.2) is 132 Å². The molecular weight excluding hydrogens is 671 g/mol. The molecule has 0 aromatic heterocycles. The van der Waals surface area contributed by atoms with E-state index in [2.05, 4.69) is 147 Å². The normalized spacial score (nSPS) is 18.9. The number of rotatable bonds is 8. The van der Waals surface area contributed by atoms with Gasteiger partial charge in [-0.2, -0.15) is 0 Å². The van der Waals surface area contributed by atoms with Gasteiger partial charge in [-0.1, -0.05) is 0 Å². The second-order valence-electron chi connectivity index (χ2n) is 14.9. The fourth-order valence-corrected chi connectivity index (χ4v) is 39.4. The molecule has 3 heteroatoms. The van der Waals surface area contributed by atoms with Crippen molar-refractivity contribution < 1.29 is 44.1 Å². The molecule has 9 rings (SSSR count). The summed E-state index contributed by atoms with van der Waals surface area (Å²) in [6.45, 7) is 4.88. The third kappa shape index (κ3) is 5.86. The van der Waals surface area contributed by atoms with Gasteiger partial charge >= 0.3 is 316 Å². The van der Waals surface area contributed by atoms with E-state index in [-0.39, 0.29) is 44.1 Å². The minimum atomic E-state index is -1.04. The molecule has 1 fully saturated rings. The van der Waals surface area contributed by atoms with Crippen LogP contribution in [0.1, 0.15) is 60.8 Å². The SMILES string of the molecule is CC1=Cc2c(-c3cccc4ccccc34)cccc2C1[CH2][Sc][Si]1([Sc][CH2]C2C(C)=Cc3c(-c4cccc5ccccc45)cccc32)CCCC1. The van der Waals surface area contributed by atoms with Gasteiger partial charge in [-0.25, -0.2) is 0 Å². The van der Waals surface area contributed by atoms with Crippen molar-refractivity contribution in [2.45, 2.75) is 59.0 Å². The van der Waals surface area contributed by atoms with Crippen LogP contribution >= 0.6 is 0 Å². The van der Waals surface area contributed by atoms with Crippen molar-refractivity contribution in [3.63, 3.8) is 0 Å². The van der Waals surface area contributed by atoms with Crippen molar-refractivity contribution in [3.05, 3.63) is 155 Å². The summed E-state index contributed by atoms with van der Waals surface area (Å²) in [6, 6.07) is 49.1. The van der Waals surface area contributed by atoms with Crippen molar-refractivity contribution >= 4 is 36.1 Å². The summed E-state index contributed by atoms with van der Waals surface area (Å²) in [5.41, 5.74) is 15.1. The van der Waals surface area contributed by atoms with Gasteiger partial charge in [0.2, 0.25) is 0 Å². The van der Waals surface area contributed by atoms with Gasteiger partial charge in [-0.15, -0.1) is 0 Å². The predicted molar refractivity (Wildman–Crippen MR) is 206 cm³/mol. The first-order chi connectivity index (χ1) is 24.1. The zero-order chi connectivity index (χ0) is 33.0. The Morgan fingerprint density at radius 1 is 0.490 bits per heavy atom. The predicted octanol–water partition coefficient (Wildman–Crippen LogP) is 13.3. The van der Waals surface area contributed by atoms with Gasteiger partial charge in [0.1, 0.15) is 0 Å². The van der Waals surface area contributed by atoms with E-state index < -0.39 is 2.45 Å². The monoisotopic (exact) mass is 712 g/mol. The molecule has 0 spiro atoms. The first kappa shape index (κ1) is 32.2. The Kier molecular flexibility index (Phi) is 8.83. The van der Waals surface area contributed by atoms with Gasteiger partial charge in [-0.05, 0) is 0 Å². The molecule has 1 heterocycles. The minimum absolute atomic E-state index is 0.287. The summed E-state index contributed by atoms with van der Waals surface area (Å²) in [6.07, 6.45) is 8.19. The molecule has 6 aromatic carbocycles. The molecule has 0 N–H and O–H groups in total. The van der Waals surface area contributed by atoms with Crippen molar-refractivity contribution in [1.29, 1.82) is 0 Å². The summed E-state index contributed by atoms with van der Waals surface area (Å²) >= 11 is -0.574. The molecule has 49 heavy (non-hydrogen) atoms. The van der Waals surface area contributed by atoms with Gasteiger partial charge < -0.3 is 0 Å². The molecule has 0 saturated carbocycles. The first-order valence-corrected chi connectivity index (χ1v) is 28.9. The Bertz CT molecular complexity index is 2120. The van der Waals surface area contributed by atoms with Gasteiger partial charge in [0.15, 0.2) is 0 Å². The zero-order valence-corrected chi connectivity index (χ0v) is 33.4. The Morgan fingerprint density at radius 2 is 0.898 bits per heavy atom. The molecule has 2 aliphatic carbocycles. The van der Waals surface area contributed by atoms with Crippen LogP contribution < -0.4 is 0 Å². The standard InChI is InChI=1S/2C21H17.C4H8Si.2Sc/c2*1-14-13-21-17(15(14)2)10-6-12-20(21)19-11-5-8-16-7-3-4-9-18(16)19;1-2-4-5-3-1;;/h2*3-13,15H,2H2,1H3;1-4H2;;. The average Bonchev–Trinajstić information content (AvgIpc) is 3.83. The molecule has 2 unspecified atom stereocenters. The van der Waals surface area contributed by atoms with E-state index in [4.69, 9.17) is 0 Å². The van der Waals surface area contributed by atoms with E-state index >= 15 is 0 Å². The summed E-state index contributed by atoms with van der Waals surface area (Å²) in [5.74, 6) is 1.31. The van der Waals surface area contributed by atoms with Crippen molar-refractivity contribution in [1.82, 2.24) is 0 Å². The third-order valence-corrected chi connectivity index (χ3v) is 42.6. The van der Waals surface area contributed by atoms with E-state index in [0.717, 1.165) is 0 Å². The van der Waals surface area contributed by atoms with Crippen molar-refractivity contribution in [2.24, 2.45) is 0 Å². The Morgan fingerprint density at radius 3 is 1.39 bits per heavy atom. The molecule has 0 radical (unpaired) electrons. The maximum absolute atomic E-state index is 2.56. The quantitative estimate of drug-likeness (QED) is 0.138. The molecule has 0 bridgehead atoms. The second kappa shape index (κ2) is 13.4. The van der Waals surface area contributed by atoms with E-state index in [1.54, 1.807) is 34.4 Å². The van der Waals surface area contributed by atoms with Crippen LogP contribution in [0.2, 0.25) is 20.4 Å². The first-order valence-electron chi connectivity index (χ1n) is 18.4. The van der Waals surface area contributed by atoms with E-state index in [9.17, 15) is 0 Å². The van der Waals surface area contributed by atoms with Crippen LogP contribution in [-0.4, -0.2) is 2.45 Å². The van der Waals surface area contributed by atoms with Gasteiger partial charge in [0.05, 0.1) is 0 Å². The van der Waals surface area contributed by atoms with Crippen LogP contribution in [0.5, 0.6) is 0 Å². The number of benzene rings is 6. The number of fused-ring (bicyclic) bond motifs is 4. The molecule has 0 nitrogen and oxygen atoms in total. The number of hydrogen-bond acceptors (Lipinski definition) is 0. The Hall–Kier alpha value is -2.72. The number of hydrogen-bond donors (Lipinski definition) is 0. The fourth-order valence-electron chi connectivity index (χ4n) is 9.49. The summed E-state index contributed by atoms with van der Waals surface area (Å²) in [7, 11) is 0. The third-order valence-electron chi connectivity index (χ3n) is 12.1. The van der Waals surface area contributed by atoms with E-state index in [0.29, 0.717) is 11.8 Å². The molecule has 236 valence electrons. The molecule has 0 amide bonds. The van der Waals surface area contributed by atoms with Crippen LogP contribution in [0.4, 0.5) is 0 Å². The molecule has 1 saturated heterocycles. The second-order valence-corrected chi connectivity index (χ2v) is 40.1. The van der Waals surface area contributed by atoms with Gasteiger partial charge in [0, 0.05) is 0 Å². The Labute approximate surface area is 313 Å². The topological polar surface area (TPSA) is 0 Å². The fraction of sp³-hybridized carbons (Fsp3) is 0.217. The van der Waals surface area contributed by atoms with Gasteiger partial charge in [-0.3, -0.25) is 0 Å². The Balaban J connectivity index is 0.960. The maximum atomic E-state index is 2.56. The van der Waals surface area contributed by atoms with Crippen LogP contribution in [-0.2, 0) is 44.1 Å². The van der Waals surface area contributed by atoms with Crippen LogP contribution in [0.3, 0.4) is 0 Å². The van der Waals surface area contributed by atoms with Crippen molar-refractivity contribution in [3.8, 4) is 22.3 Å². The van der Waals surface area contributed by atoms with E-state index in [1.165, 1.54) is 76.1 Å². The molecule has 3 aliphatic rings. The van der Waals surface area contributed by atoms with Crippen LogP contribution in [0, 0.1) is 0 Å². The molecule has 2 atom stereocenters. The van der Waals surface area contributed by atoms with Gasteiger partial charge in [0.25, 0.3) is 0 Å². The average molecular weight is 713 g/mol. The van der Waals surface area contributed by atoms with E-state index in [1.807, 2.05) is 0 Å².